The number of rotatable bonds is 1. The molecule has 0 fully saturated rings. The molecule has 3 rings (SSSR count). The van der Waals surface area contributed by atoms with Gasteiger partial charge in [-0.1, -0.05) is 11.6 Å². The molecule has 84 valence electrons. The topological polar surface area (TPSA) is 63.6 Å². The van der Waals surface area contributed by atoms with E-state index in [0.717, 1.165) is 0 Å². The molecule has 17 heavy (non-hydrogen) atoms. The standard InChI is InChI=1S/C11H7ClN4O/c12-9-4-3-7(6-14-9)16-10-8(15-11(16)17)2-1-5-13-10/h1-6H,(H,15,17). The maximum absolute atomic E-state index is 11.8. The molecule has 3 heterocycles. The first-order valence-electron chi connectivity index (χ1n) is 4.93. The van der Waals surface area contributed by atoms with Crippen molar-refractivity contribution in [1.29, 1.82) is 0 Å². The quantitative estimate of drug-likeness (QED) is 0.666. The second-order valence-corrected chi connectivity index (χ2v) is 3.87. The molecule has 0 unspecified atom stereocenters. The van der Waals surface area contributed by atoms with Crippen LogP contribution in [0, 0.1) is 0 Å². The molecular weight excluding hydrogens is 240 g/mol. The monoisotopic (exact) mass is 246 g/mol. The lowest BCUT2D eigenvalue weighted by molar-refractivity contribution is 0.989. The van der Waals surface area contributed by atoms with Crippen LogP contribution in [-0.2, 0) is 0 Å². The van der Waals surface area contributed by atoms with Gasteiger partial charge in [0.15, 0.2) is 5.65 Å². The molecule has 5 nitrogen and oxygen atoms in total. The van der Waals surface area contributed by atoms with E-state index in [2.05, 4.69) is 15.0 Å². The molecule has 0 aliphatic carbocycles. The highest BCUT2D eigenvalue weighted by Crippen LogP contribution is 2.13. The summed E-state index contributed by atoms with van der Waals surface area (Å²) in [6, 6.07) is 6.91. The highest BCUT2D eigenvalue weighted by molar-refractivity contribution is 6.29. The van der Waals surface area contributed by atoms with E-state index in [1.54, 1.807) is 30.5 Å². The molecule has 0 aliphatic heterocycles. The number of hydrogen-bond donors (Lipinski definition) is 1. The van der Waals surface area contributed by atoms with Crippen LogP contribution < -0.4 is 5.69 Å². The Bertz CT molecular complexity index is 729. The van der Waals surface area contributed by atoms with Gasteiger partial charge >= 0.3 is 5.69 Å². The average molecular weight is 247 g/mol. The van der Waals surface area contributed by atoms with Crippen molar-refractivity contribution in [2.45, 2.75) is 0 Å². The van der Waals surface area contributed by atoms with Crippen LogP contribution in [0.4, 0.5) is 0 Å². The van der Waals surface area contributed by atoms with Crippen molar-refractivity contribution < 1.29 is 0 Å². The number of nitrogens with one attached hydrogen (secondary N) is 1. The zero-order valence-electron chi connectivity index (χ0n) is 8.59. The Morgan fingerprint density at radius 3 is 2.88 bits per heavy atom. The van der Waals surface area contributed by atoms with E-state index in [-0.39, 0.29) is 5.69 Å². The summed E-state index contributed by atoms with van der Waals surface area (Å²) < 4.78 is 1.46. The zero-order valence-corrected chi connectivity index (χ0v) is 9.35. The molecule has 0 spiro atoms. The third-order valence-electron chi connectivity index (χ3n) is 2.41. The lowest BCUT2D eigenvalue weighted by Crippen LogP contribution is -2.15. The van der Waals surface area contributed by atoms with Crippen LogP contribution in [0.5, 0.6) is 0 Å². The van der Waals surface area contributed by atoms with Crippen LogP contribution >= 0.6 is 11.6 Å². The summed E-state index contributed by atoms with van der Waals surface area (Å²) in [5, 5.41) is 0.384. The fraction of sp³-hybridized carbons (Fsp3) is 0. The molecule has 0 aliphatic rings. The maximum Gasteiger partial charge on any atom is 0.332 e. The van der Waals surface area contributed by atoms with Gasteiger partial charge in [-0.25, -0.2) is 19.3 Å². The Morgan fingerprint density at radius 1 is 1.24 bits per heavy atom. The first kappa shape index (κ1) is 10.0. The number of nitrogens with zero attached hydrogens (tertiary/aromatic N) is 3. The van der Waals surface area contributed by atoms with E-state index >= 15 is 0 Å². The third kappa shape index (κ3) is 1.60. The predicted molar refractivity (Wildman–Crippen MR) is 64.5 cm³/mol. The summed E-state index contributed by atoms with van der Waals surface area (Å²) in [6.07, 6.45) is 3.17. The SMILES string of the molecule is O=c1[nH]c2cccnc2n1-c1ccc(Cl)nc1. The number of halogens is 1. The van der Waals surface area contributed by atoms with E-state index in [9.17, 15) is 4.79 Å². The van der Waals surface area contributed by atoms with Gasteiger partial charge in [0.05, 0.1) is 17.4 Å². The highest BCUT2D eigenvalue weighted by Gasteiger charge is 2.09. The van der Waals surface area contributed by atoms with Crippen molar-refractivity contribution in [3.63, 3.8) is 0 Å². The Labute approximate surface area is 101 Å². The largest absolute Gasteiger partial charge is 0.332 e. The number of fused-ring (bicyclic) bond motifs is 1. The first-order chi connectivity index (χ1) is 8.25. The Morgan fingerprint density at radius 2 is 2.12 bits per heavy atom. The molecule has 0 radical (unpaired) electrons. The van der Waals surface area contributed by atoms with Gasteiger partial charge in [-0.2, -0.15) is 0 Å². The summed E-state index contributed by atoms with van der Waals surface area (Å²) in [7, 11) is 0. The molecule has 0 saturated carbocycles. The maximum atomic E-state index is 11.8. The van der Waals surface area contributed by atoms with E-state index in [4.69, 9.17) is 11.6 Å². The second-order valence-electron chi connectivity index (χ2n) is 3.48. The molecular formula is C11H7ClN4O. The summed E-state index contributed by atoms with van der Waals surface area (Å²) in [5.74, 6) is 0. The fourth-order valence-corrected chi connectivity index (χ4v) is 1.79. The van der Waals surface area contributed by atoms with Gasteiger partial charge in [0.1, 0.15) is 5.15 Å². The first-order valence-corrected chi connectivity index (χ1v) is 5.31. The molecule has 3 aromatic rings. The molecule has 1 N–H and O–H groups in total. The van der Waals surface area contributed by atoms with E-state index in [0.29, 0.717) is 22.0 Å². The van der Waals surface area contributed by atoms with Gasteiger partial charge in [0, 0.05) is 6.20 Å². The number of aromatic nitrogens is 4. The normalized spacial score (nSPS) is 10.9. The van der Waals surface area contributed by atoms with Crippen molar-refractivity contribution in [2.75, 3.05) is 0 Å². The van der Waals surface area contributed by atoms with Crippen LogP contribution in [0.15, 0.2) is 41.5 Å². The van der Waals surface area contributed by atoms with Crippen molar-refractivity contribution in [1.82, 2.24) is 19.5 Å². The van der Waals surface area contributed by atoms with Gasteiger partial charge in [0.25, 0.3) is 0 Å². The Kier molecular flexibility index (Phi) is 2.19. The summed E-state index contributed by atoms with van der Waals surface area (Å²) >= 11 is 5.71. The van der Waals surface area contributed by atoms with Crippen molar-refractivity contribution in [2.24, 2.45) is 0 Å². The fourth-order valence-electron chi connectivity index (χ4n) is 1.68. The van der Waals surface area contributed by atoms with Crippen LogP contribution in [0.2, 0.25) is 5.15 Å². The van der Waals surface area contributed by atoms with Crippen LogP contribution in [0.1, 0.15) is 0 Å². The second kappa shape index (κ2) is 3.71. The van der Waals surface area contributed by atoms with Crippen LogP contribution in [0.3, 0.4) is 0 Å². The van der Waals surface area contributed by atoms with Crippen molar-refractivity contribution in [3.8, 4) is 5.69 Å². The van der Waals surface area contributed by atoms with Crippen LogP contribution in [0.25, 0.3) is 16.9 Å². The predicted octanol–water partition coefficient (Wildman–Crippen LogP) is 1.76. The van der Waals surface area contributed by atoms with E-state index < -0.39 is 0 Å². The zero-order chi connectivity index (χ0) is 11.8. The van der Waals surface area contributed by atoms with Gasteiger partial charge in [-0.15, -0.1) is 0 Å². The lowest BCUT2D eigenvalue weighted by atomic mass is 10.4. The molecule has 0 atom stereocenters. The number of imidazole rings is 1. The Hall–Kier alpha value is -2.14. The molecule has 0 saturated heterocycles. The molecule has 0 bridgehead atoms. The third-order valence-corrected chi connectivity index (χ3v) is 2.64. The number of pyridine rings is 2. The summed E-state index contributed by atoms with van der Waals surface area (Å²) in [5.41, 5.74) is 1.64. The highest BCUT2D eigenvalue weighted by atomic mass is 35.5. The molecule has 0 amide bonds. The minimum atomic E-state index is -0.247. The summed E-state index contributed by atoms with van der Waals surface area (Å²) in [4.78, 5) is 22.7. The minimum absolute atomic E-state index is 0.247. The average Bonchev–Trinajstić information content (AvgIpc) is 2.66. The number of H-pyrrole nitrogens is 1. The van der Waals surface area contributed by atoms with Gasteiger partial charge in [-0.05, 0) is 24.3 Å². The Balaban J connectivity index is 2.33. The van der Waals surface area contributed by atoms with Crippen molar-refractivity contribution in [3.05, 3.63) is 52.3 Å². The number of hydrogen-bond acceptors (Lipinski definition) is 3. The number of aromatic amines is 1. The summed E-state index contributed by atoms with van der Waals surface area (Å²) in [6.45, 7) is 0. The van der Waals surface area contributed by atoms with E-state index in [1.807, 2.05) is 0 Å². The minimum Gasteiger partial charge on any atom is -0.304 e. The smallest absolute Gasteiger partial charge is 0.304 e. The lowest BCUT2D eigenvalue weighted by Gasteiger charge is -2.01. The van der Waals surface area contributed by atoms with Gasteiger partial charge in [0.2, 0.25) is 0 Å². The van der Waals surface area contributed by atoms with Gasteiger partial charge < -0.3 is 4.98 Å². The molecule has 6 heteroatoms. The van der Waals surface area contributed by atoms with Crippen molar-refractivity contribution >= 4 is 22.8 Å². The van der Waals surface area contributed by atoms with Gasteiger partial charge in [-0.3, -0.25) is 0 Å². The van der Waals surface area contributed by atoms with E-state index in [1.165, 1.54) is 10.8 Å². The molecule has 3 aromatic heterocycles. The molecule has 0 aromatic carbocycles. The van der Waals surface area contributed by atoms with Crippen LogP contribution in [-0.4, -0.2) is 19.5 Å².